The molecule has 2 aromatic rings. The maximum atomic E-state index is 12.6. The van der Waals surface area contributed by atoms with E-state index in [0.29, 0.717) is 17.1 Å². The Morgan fingerprint density at radius 2 is 1.69 bits per heavy atom. The van der Waals surface area contributed by atoms with Crippen molar-refractivity contribution >= 4 is 11.8 Å². The molecule has 8 heteroatoms. The third kappa shape index (κ3) is 7.53. The molecule has 0 aliphatic carbocycles. The van der Waals surface area contributed by atoms with Crippen LogP contribution in [0.4, 0.5) is 0 Å². The van der Waals surface area contributed by atoms with Crippen LogP contribution in [0.2, 0.25) is 0 Å². The van der Waals surface area contributed by atoms with Crippen LogP contribution < -0.4 is 15.5 Å². The summed E-state index contributed by atoms with van der Waals surface area (Å²) in [5.41, 5.74) is 2.06. The van der Waals surface area contributed by atoms with Crippen molar-refractivity contribution in [2.45, 2.75) is 19.4 Å². The maximum absolute atomic E-state index is 12.6. The highest BCUT2D eigenvalue weighted by Crippen LogP contribution is 2.21. The first kappa shape index (κ1) is 22.4. The van der Waals surface area contributed by atoms with Gasteiger partial charge in [-0.2, -0.15) is 0 Å². The standard InChI is InChI=1S/C21H26N2O6/c1-15(20(24)23-26)12-17(13-28-14-27-2)22-21(25)16-8-10-19(11-9-16)29-18-6-4-3-5-7-18/h3-11,15,17,26H,12-14H2,1-2H3,(H,22,25)(H,23,24)/t15-,17+/m1/s1. The van der Waals surface area contributed by atoms with Crippen LogP contribution in [-0.4, -0.2) is 43.6 Å². The molecule has 0 saturated carbocycles. The normalized spacial score (nSPS) is 12.7. The first-order valence-electron chi connectivity index (χ1n) is 9.18. The quantitative estimate of drug-likeness (QED) is 0.231. The van der Waals surface area contributed by atoms with Gasteiger partial charge in [-0.15, -0.1) is 0 Å². The van der Waals surface area contributed by atoms with Gasteiger partial charge >= 0.3 is 0 Å². The Balaban J connectivity index is 1.98. The average Bonchev–Trinajstić information content (AvgIpc) is 2.74. The molecule has 2 amide bonds. The molecule has 0 saturated heterocycles. The Kier molecular flexibility index (Phi) is 9.10. The highest BCUT2D eigenvalue weighted by atomic mass is 16.7. The smallest absolute Gasteiger partial charge is 0.251 e. The number of amides is 2. The Morgan fingerprint density at radius 3 is 2.31 bits per heavy atom. The van der Waals surface area contributed by atoms with Gasteiger partial charge in [-0.1, -0.05) is 25.1 Å². The van der Waals surface area contributed by atoms with Gasteiger partial charge in [0.25, 0.3) is 5.91 Å². The average molecular weight is 402 g/mol. The van der Waals surface area contributed by atoms with Crippen LogP contribution >= 0.6 is 0 Å². The Morgan fingerprint density at radius 1 is 1.03 bits per heavy atom. The van der Waals surface area contributed by atoms with Crippen molar-refractivity contribution in [2.24, 2.45) is 5.92 Å². The number of hydrogen-bond acceptors (Lipinski definition) is 6. The molecule has 0 unspecified atom stereocenters. The summed E-state index contributed by atoms with van der Waals surface area (Å²) in [4.78, 5) is 24.2. The van der Waals surface area contributed by atoms with Gasteiger partial charge in [0.1, 0.15) is 18.3 Å². The lowest BCUT2D eigenvalue weighted by Gasteiger charge is -2.21. The topological polar surface area (TPSA) is 106 Å². The van der Waals surface area contributed by atoms with Crippen LogP contribution in [0.5, 0.6) is 11.5 Å². The number of hydrogen-bond donors (Lipinski definition) is 3. The summed E-state index contributed by atoms with van der Waals surface area (Å²) >= 11 is 0. The Labute approximate surface area is 169 Å². The zero-order valence-electron chi connectivity index (χ0n) is 16.5. The minimum atomic E-state index is -0.529. The number of ether oxygens (including phenoxy) is 3. The molecule has 0 spiro atoms. The summed E-state index contributed by atoms with van der Waals surface area (Å²) in [7, 11) is 1.49. The van der Waals surface area contributed by atoms with Gasteiger partial charge in [0, 0.05) is 18.6 Å². The molecule has 29 heavy (non-hydrogen) atoms. The monoisotopic (exact) mass is 402 g/mol. The molecule has 8 nitrogen and oxygen atoms in total. The van der Waals surface area contributed by atoms with Gasteiger partial charge in [0.05, 0.1) is 12.6 Å². The molecule has 0 bridgehead atoms. The van der Waals surface area contributed by atoms with Crippen molar-refractivity contribution < 1.29 is 29.0 Å². The summed E-state index contributed by atoms with van der Waals surface area (Å²) in [5.74, 6) is -0.0347. The highest BCUT2D eigenvalue weighted by molar-refractivity contribution is 5.94. The Hall–Kier alpha value is -2.94. The van der Waals surface area contributed by atoms with E-state index in [0.717, 1.165) is 0 Å². The predicted molar refractivity (Wildman–Crippen MR) is 106 cm³/mol. The van der Waals surface area contributed by atoms with E-state index in [1.807, 2.05) is 30.3 Å². The number of methoxy groups -OCH3 is 1. The second-order valence-corrected chi connectivity index (χ2v) is 6.50. The molecule has 2 rings (SSSR count). The summed E-state index contributed by atoms with van der Waals surface area (Å²) in [6.45, 7) is 1.88. The van der Waals surface area contributed by atoms with Crippen molar-refractivity contribution in [3.05, 3.63) is 60.2 Å². The fourth-order valence-corrected chi connectivity index (χ4v) is 2.65. The van der Waals surface area contributed by atoms with Gasteiger partial charge in [-0.3, -0.25) is 14.8 Å². The zero-order chi connectivity index (χ0) is 21.1. The fourth-order valence-electron chi connectivity index (χ4n) is 2.65. The molecule has 0 aromatic heterocycles. The molecule has 0 fully saturated rings. The molecule has 0 radical (unpaired) electrons. The third-order valence-electron chi connectivity index (χ3n) is 4.15. The predicted octanol–water partition coefficient (Wildman–Crippen LogP) is 2.73. The lowest BCUT2D eigenvalue weighted by molar-refractivity contribution is -0.133. The number of carbonyl (C=O) groups is 2. The van der Waals surface area contributed by atoms with Gasteiger partial charge < -0.3 is 19.5 Å². The van der Waals surface area contributed by atoms with E-state index in [2.05, 4.69) is 5.32 Å². The number of benzene rings is 2. The summed E-state index contributed by atoms with van der Waals surface area (Å²) in [5, 5.41) is 11.6. The first-order chi connectivity index (χ1) is 14.0. The van der Waals surface area contributed by atoms with Crippen LogP contribution in [-0.2, 0) is 14.3 Å². The van der Waals surface area contributed by atoms with E-state index < -0.39 is 17.9 Å². The number of hydroxylamine groups is 1. The zero-order valence-corrected chi connectivity index (χ0v) is 16.5. The van der Waals surface area contributed by atoms with Crippen molar-refractivity contribution in [1.82, 2.24) is 10.8 Å². The van der Waals surface area contributed by atoms with Crippen LogP contribution in [0.15, 0.2) is 54.6 Å². The van der Waals surface area contributed by atoms with Crippen LogP contribution in [0.3, 0.4) is 0 Å². The second kappa shape index (κ2) is 11.8. The van der Waals surface area contributed by atoms with E-state index in [4.69, 9.17) is 19.4 Å². The minimum Gasteiger partial charge on any atom is -0.457 e. The molecule has 0 aliphatic heterocycles. The molecule has 156 valence electrons. The number of carbonyl (C=O) groups excluding carboxylic acids is 2. The molecular formula is C21H26N2O6. The number of nitrogens with one attached hydrogen (secondary N) is 2. The van der Waals surface area contributed by atoms with E-state index in [9.17, 15) is 9.59 Å². The van der Waals surface area contributed by atoms with Crippen LogP contribution in [0.25, 0.3) is 0 Å². The minimum absolute atomic E-state index is 0.0679. The first-order valence-corrected chi connectivity index (χ1v) is 9.18. The molecular weight excluding hydrogens is 376 g/mol. The fraction of sp³-hybridized carbons (Fsp3) is 0.333. The van der Waals surface area contributed by atoms with Crippen molar-refractivity contribution in [3.63, 3.8) is 0 Å². The summed E-state index contributed by atoms with van der Waals surface area (Å²) in [6.07, 6.45) is 0.289. The van der Waals surface area contributed by atoms with Gasteiger partial charge in [0.15, 0.2) is 0 Å². The van der Waals surface area contributed by atoms with Crippen LogP contribution in [0.1, 0.15) is 23.7 Å². The molecule has 2 atom stereocenters. The van der Waals surface area contributed by atoms with Crippen molar-refractivity contribution in [2.75, 3.05) is 20.5 Å². The van der Waals surface area contributed by atoms with E-state index in [-0.39, 0.29) is 25.7 Å². The third-order valence-corrected chi connectivity index (χ3v) is 4.15. The van der Waals surface area contributed by atoms with Crippen molar-refractivity contribution in [1.29, 1.82) is 0 Å². The maximum Gasteiger partial charge on any atom is 0.251 e. The van der Waals surface area contributed by atoms with Gasteiger partial charge in [-0.25, -0.2) is 5.48 Å². The lowest BCUT2D eigenvalue weighted by Crippen LogP contribution is -2.41. The SMILES string of the molecule is COCOC[C@H](C[C@@H](C)C(=O)NO)NC(=O)c1ccc(Oc2ccccc2)cc1. The summed E-state index contributed by atoms with van der Waals surface area (Å²) in [6, 6.07) is 15.6. The van der Waals surface area contributed by atoms with Gasteiger partial charge in [-0.05, 0) is 42.8 Å². The lowest BCUT2D eigenvalue weighted by atomic mass is 10.0. The molecule has 3 N–H and O–H groups in total. The van der Waals surface area contributed by atoms with Crippen LogP contribution in [0, 0.1) is 5.92 Å². The largest absolute Gasteiger partial charge is 0.457 e. The van der Waals surface area contributed by atoms with E-state index in [1.165, 1.54) is 7.11 Å². The number of para-hydroxylation sites is 1. The molecule has 2 aromatic carbocycles. The highest BCUT2D eigenvalue weighted by Gasteiger charge is 2.21. The number of rotatable bonds is 11. The Bertz CT molecular complexity index is 767. The summed E-state index contributed by atoms with van der Waals surface area (Å²) < 4.78 is 15.9. The van der Waals surface area contributed by atoms with Crippen molar-refractivity contribution in [3.8, 4) is 11.5 Å². The van der Waals surface area contributed by atoms with Gasteiger partial charge in [0.2, 0.25) is 5.91 Å². The van der Waals surface area contributed by atoms with E-state index >= 15 is 0 Å². The molecule has 0 aliphatic rings. The second-order valence-electron chi connectivity index (χ2n) is 6.50. The van der Waals surface area contributed by atoms with E-state index in [1.54, 1.807) is 36.7 Å². The molecule has 0 heterocycles.